The number of hydrogen-bond donors (Lipinski definition) is 2. The Labute approximate surface area is 132 Å². The molecule has 2 aromatic carbocycles. The van der Waals surface area contributed by atoms with Gasteiger partial charge in [-0.1, -0.05) is 24.3 Å². The molecule has 1 aliphatic rings. The van der Waals surface area contributed by atoms with Gasteiger partial charge >= 0.3 is 0 Å². The summed E-state index contributed by atoms with van der Waals surface area (Å²) in [6.07, 6.45) is 3.69. The zero-order valence-corrected chi connectivity index (χ0v) is 13.3. The van der Waals surface area contributed by atoms with E-state index < -0.39 is 0 Å². The average Bonchev–Trinajstić information content (AvgIpc) is 2.91. The smallest absolute Gasteiger partial charge is 0.193 e. The van der Waals surface area contributed by atoms with Crippen molar-refractivity contribution >= 4 is 11.6 Å². The summed E-state index contributed by atoms with van der Waals surface area (Å²) in [6, 6.07) is 13.0. The molecule has 1 aliphatic carbocycles. The molecule has 0 aromatic heterocycles. The molecule has 114 valence electrons. The molecule has 0 fully saturated rings. The van der Waals surface area contributed by atoms with Crippen molar-refractivity contribution in [2.75, 3.05) is 5.32 Å². The molecule has 0 atom stereocenters. The molecule has 0 amide bonds. The lowest BCUT2D eigenvalue weighted by molar-refractivity contribution is 0.911. The predicted octanol–water partition coefficient (Wildman–Crippen LogP) is 3.72. The van der Waals surface area contributed by atoms with Gasteiger partial charge in [-0.05, 0) is 73.1 Å². The minimum Gasteiger partial charge on any atom is -0.370 e. The van der Waals surface area contributed by atoms with E-state index in [-0.39, 0.29) is 0 Å². The SMILES string of the molecule is Cc1cc(C)cc(NC(N)=NCc2ccc3c(c2)CCC3)c1. The van der Waals surface area contributed by atoms with E-state index in [0.717, 1.165) is 5.69 Å². The fraction of sp³-hybridized carbons (Fsp3) is 0.316. The molecule has 2 aromatic rings. The first-order valence-corrected chi connectivity index (χ1v) is 7.86. The van der Waals surface area contributed by atoms with Gasteiger partial charge in [0, 0.05) is 5.69 Å². The molecular formula is C19H23N3. The van der Waals surface area contributed by atoms with E-state index in [9.17, 15) is 0 Å². The number of guanidine groups is 1. The number of benzene rings is 2. The van der Waals surface area contributed by atoms with E-state index in [4.69, 9.17) is 5.73 Å². The molecule has 0 bridgehead atoms. The maximum atomic E-state index is 6.01. The fourth-order valence-electron chi connectivity index (χ4n) is 3.13. The number of fused-ring (bicyclic) bond motifs is 1. The molecule has 3 nitrogen and oxygen atoms in total. The van der Waals surface area contributed by atoms with Crippen molar-refractivity contribution in [2.24, 2.45) is 10.7 Å². The topological polar surface area (TPSA) is 50.4 Å². The van der Waals surface area contributed by atoms with Gasteiger partial charge in [0.1, 0.15) is 0 Å². The highest BCUT2D eigenvalue weighted by atomic mass is 15.1. The van der Waals surface area contributed by atoms with E-state index >= 15 is 0 Å². The van der Waals surface area contributed by atoms with Crippen LogP contribution in [-0.4, -0.2) is 5.96 Å². The maximum Gasteiger partial charge on any atom is 0.193 e. The van der Waals surface area contributed by atoms with E-state index in [1.54, 1.807) is 0 Å². The van der Waals surface area contributed by atoms with Crippen molar-refractivity contribution in [3.8, 4) is 0 Å². The Bertz CT molecular complexity index is 696. The highest BCUT2D eigenvalue weighted by molar-refractivity contribution is 5.92. The Morgan fingerprint density at radius 3 is 2.55 bits per heavy atom. The predicted molar refractivity (Wildman–Crippen MR) is 93.3 cm³/mol. The zero-order chi connectivity index (χ0) is 15.5. The van der Waals surface area contributed by atoms with Gasteiger partial charge in [0.2, 0.25) is 0 Å². The van der Waals surface area contributed by atoms with Crippen LogP contribution in [0.4, 0.5) is 5.69 Å². The summed E-state index contributed by atoms with van der Waals surface area (Å²) in [5.74, 6) is 0.463. The molecule has 3 heteroatoms. The average molecular weight is 293 g/mol. The number of nitrogens with zero attached hydrogens (tertiary/aromatic N) is 1. The number of nitrogens with one attached hydrogen (secondary N) is 1. The maximum absolute atomic E-state index is 6.01. The molecule has 0 saturated carbocycles. The Balaban J connectivity index is 1.67. The van der Waals surface area contributed by atoms with E-state index in [2.05, 4.69) is 60.6 Å². The Kier molecular flexibility index (Phi) is 4.14. The molecule has 3 N–H and O–H groups in total. The van der Waals surface area contributed by atoms with Gasteiger partial charge in [-0.3, -0.25) is 0 Å². The molecule has 0 heterocycles. The minimum absolute atomic E-state index is 0.463. The van der Waals surface area contributed by atoms with Crippen LogP contribution < -0.4 is 11.1 Å². The van der Waals surface area contributed by atoms with Gasteiger partial charge in [0.15, 0.2) is 5.96 Å². The number of aryl methyl sites for hydroxylation is 4. The third kappa shape index (κ3) is 3.48. The second kappa shape index (κ2) is 6.22. The first kappa shape index (κ1) is 14.6. The van der Waals surface area contributed by atoms with Gasteiger partial charge in [0.25, 0.3) is 0 Å². The second-order valence-electron chi connectivity index (χ2n) is 6.16. The van der Waals surface area contributed by atoms with Crippen molar-refractivity contribution in [1.82, 2.24) is 0 Å². The normalized spacial score (nSPS) is 14.0. The molecule has 22 heavy (non-hydrogen) atoms. The van der Waals surface area contributed by atoms with Crippen molar-refractivity contribution in [3.63, 3.8) is 0 Å². The number of aliphatic imine (C=N–C) groups is 1. The van der Waals surface area contributed by atoms with Crippen LogP contribution in [0, 0.1) is 13.8 Å². The second-order valence-corrected chi connectivity index (χ2v) is 6.16. The van der Waals surface area contributed by atoms with Crippen molar-refractivity contribution < 1.29 is 0 Å². The highest BCUT2D eigenvalue weighted by Gasteiger charge is 2.10. The quantitative estimate of drug-likeness (QED) is 0.669. The molecule has 0 radical (unpaired) electrons. The lowest BCUT2D eigenvalue weighted by Crippen LogP contribution is -2.22. The van der Waals surface area contributed by atoms with Crippen molar-refractivity contribution in [2.45, 2.75) is 39.7 Å². The van der Waals surface area contributed by atoms with Gasteiger partial charge in [-0.2, -0.15) is 0 Å². The van der Waals surface area contributed by atoms with E-state index in [0.29, 0.717) is 12.5 Å². The molecule has 0 unspecified atom stereocenters. The Morgan fingerprint density at radius 2 is 1.77 bits per heavy atom. The molecule has 3 rings (SSSR count). The van der Waals surface area contributed by atoms with Crippen molar-refractivity contribution in [1.29, 1.82) is 0 Å². The minimum atomic E-state index is 0.463. The monoisotopic (exact) mass is 293 g/mol. The van der Waals surface area contributed by atoms with Crippen molar-refractivity contribution in [3.05, 3.63) is 64.2 Å². The van der Waals surface area contributed by atoms with Crippen LogP contribution >= 0.6 is 0 Å². The van der Waals surface area contributed by atoms with Crippen LogP contribution in [0.3, 0.4) is 0 Å². The van der Waals surface area contributed by atoms with E-state index in [1.165, 1.54) is 47.1 Å². The Morgan fingerprint density at radius 1 is 1.05 bits per heavy atom. The van der Waals surface area contributed by atoms with Gasteiger partial charge in [0.05, 0.1) is 6.54 Å². The molecule has 0 spiro atoms. The van der Waals surface area contributed by atoms with Crippen LogP contribution in [0.25, 0.3) is 0 Å². The zero-order valence-electron chi connectivity index (χ0n) is 13.3. The molecule has 0 aliphatic heterocycles. The lowest BCUT2D eigenvalue weighted by Gasteiger charge is -2.08. The highest BCUT2D eigenvalue weighted by Crippen LogP contribution is 2.23. The lowest BCUT2D eigenvalue weighted by atomic mass is 10.1. The van der Waals surface area contributed by atoms with E-state index in [1.807, 2.05) is 0 Å². The van der Waals surface area contributed by atoms with Crippen LogP contribution in [0.5, 0.6) is 0 Å². The standard InChI is InChI=1S/C19H23N3/c1-13-8-14(2)10-18(9-13)22-19(20)21-12-15-6-7-16-4-3-5-17(16)11-15/h6-11H,3-5,12H2,1-2H3,(H3,20,21,22). The fourth-order valence-corrected chi connectivity index (χ4v) is 3.13. The summed E-state index contributed by atoms with van der Waals surface area (Å²) < 4.78 is 0. The van der Waals surface area contributed by atoms with Crippen LogP contribution in [0.2, 0.25) is 0 Å². The Hall–Kier alpha value is -2.29. The third-order valence-corrected chi connectivity index (χ3v) is 4.09. The van der Waals surface area contributed by atoms with Crippen LogP contribution in [0.15, 0.2) is 41.4 Å². The van der Waals surface area contributed by atoms with Gasteiger partial charge in [-0.15, -0.1) is 0 Å². The summed E-state index contributed by atoms with van der Waals surface area (Å²) in [6.45, 7) is 4.78. The largest absolute Gasteiger partial charge is 0.370 e. The number of nitrogens with two attached hydrogens (primary N) is 1. The van der Waals surface area contributed by atoms with Gasteiger partial charge in [-0.25, -0.2) is 4.99 Å². The summed E-state index contributed by atoms with van der Waals surface area (Å²) in [5, 5.41) is 3.17. The van der Waals surface area contributed by atoms with Crippen LogP contribution in [-0.2, 0) is 19.4 Å². The first-order chi connectivity index (χ1) is 10.6. The summed E-state index contributed by atoms with van der Waals surface area (Å²) in [4.78, 5) is 4.46. The number of hydrogen-bond acceptors (Lipinski definition) is 1. The van der Waals surface area contributed by atoms with Gasteiger partial charge < -0.3 is 11.1 Å². The van der Waals surface area contributed by atoms with Crippen LogP contribution in [0.1, 0.15) is 34.2 Å². The number of rotatable bonds is 3. The third-order valence-electron chi connectivity index (χ3n) is 4.09. The number of anilines is 1. The first-order valence-electron chi connectivity index (χ1n) is 7.86. The molecule has 0 saturated heterocycles. The summed E-state index contributed by atoms with van der Waals surface area (Å²) in [7, 11) is 0. The summed E-state index contributed by atoms with van der Waals surface area (Å²) in [5.41, 5.74) is 13.6. The molecular weight excluding hydrogens is 270 g/mol. The summed E-state index contributed by atoms with van der Waals surface area (Å²) >= 11 is 0.